The van der Waals surface area contributed by atoms with Crippen molar-refractivity contribution in [2.45, 2.75) is 63.5 Å². The van der Waals surface area contributed by atoms with Gasteiger partial charge in [0.1, 0.15) is 5.65 Å². The first-order valence-corrected chi connectivity index (χ1v) is 11.7. The van der Waals surface area contributed by atoms with Gasteiger partial charge >= 0.3 is 0 Å². The second-order valence-electron chi connectivity index (χ2n) is 8.12. The molecule has 4 rings (SSSR count). The third-order valence-electron chi connectivity index (χ3n) is 5.93. The van der Waals surface area contributed by atoms with Crippen LogP contribution in [-0.4, -0.2) is 63.4 Å². The van der Waals surface area contributed by atoms with Crippen molar-refractivity contribution in [3.8, 4) is 0 Å². The highest BCUT2D eigenvalue weighted by molar-refractivity contribution is 7.88. The zero-order chi connectivity index (χ0) is 26.7. The predicted octanol–water partition coefficient (Wildman–Crippen LogP) is 1.41. The largest absolute Gasteiger partial charge is 0.388 e. The molecule has 0 amide bonds. The topological polar surface area (TPSA) is 117 Å². The molecule has 2 N–H and O–H groups in total. The smallest absolute Gasteiger partial charge is 0.255 e. The molecule has 2 aromatic rings. The van der Waals surface area contributed by atoms with Crippen LogP contribution in [0, 0.1) is 6.85 Å². The summed E-state index contributed by atoms with van der Waals surface area (Å²) in [6, 6.07) is -0.171. The number of rotatable bonds is 4. The predicted molar refractivity (Wildman–Crippen MR) is 115 cm³/mol. The van der Waals surface area contributed by atoms with Gasteiger partial charge in [0.15, 0.2) is 0 Å². The Bertz CT molecular complexity index is 1320. The van der Waals surface area contributed by atoms with Gasteiger partial charge in [0, 0.05) is 44.5 Å². The number of aryl methyl sites for hydroxylation is 1. The summed E-state index contributed by atoms with van der Waals surface area (Å²) in [5, 5.41) is 14.5. The highest BCUT2D eigenvalue weighted by Gasteiger charge is 2.39. The zero-order valence-corrected chi connectivity index (χ0v) is 17.4. The number of aliphatic hydroxyl groups is 1. The Morgan fingerprint density at radius 2 is 2.10 bits per heavy atom. The quantitative estimate of drug-likeness (QED) is 0.737. The summed E-state index contributed by atoms with van der Waals surface area (Å²) >= 11 is 0. The molecule has 164 valence electrons. The fraction of sp³-hybridized carbons (Fsp3) is 0.650. The van der Waals surface area contributed by atoms with Crippen molar-refractivity contribution in [1.29, 1.82) is 0 Å². The van der Waals surface area contributed by atoms with Crippen molar-refractivity contribution in [3.63, 3.8) is 0 Å². The molecule has 1 saturated heterocycles. The Hall–Kier alpha value is -2.04. The van der Waals surface area contributed by atoms with Crippen molar-refractivity contribution in [3.05, 3.63) is 28.2 Å². The summed E-state index contributed by atoms with van der Waals surface area (Å²) in [6.45, 7) is -4.93. The third kappa shape index (κ3) is 3.95. The van der Waals surface area contributed by atoms with Crippen LogP contribution in [0.5, 0.6) is 0 Å². The van der Waals surface area contributed by atoms with Gasteiger partial charge in [-0.3, -0.25) is 9.36 Å². The minimum Gasteiger partial charge on any atom is -0.388 e. The maximum atomic E-state index is 13.4. The standard InChI is InChI=1S/C20H29N5O4S/c1-13-11-14-12-21-19(22-15-6-9-24(10-7-15)30(3,28)29)23-17(14)25(18(13)26)16-5-4-8-20(16,2)27/h11-12,15-16,27H,4-10H2,1-3H3,(H,21,22,23)/t16-,20-/m1/s1/i1D3,2D3. The number of piperidine rings is 1. The van der Waals surface area contributed by atoms with Gasteiger partial charge in [0.25, 0.3) is 5.56 Å². The molecular weight excluding hydrogens is 406 g/mol. The highest BCUT2D eigenvalue weighted by Crippen LogP contribution is 2.39. The summed E-state index contributed by atoms with van der Waals surface area (Å²) in [7, 11) is -3.29. The Kier molecular flexibility index (Phi) is 3.76. The average Bonchev–Trinajstić information content (AvgIpc) is 3.15. The van der Waals surface area contributed by atoms with Gasteiger partial charge in [-0.15, -0.1) is 0 Å². The number of aromatic nitrogens is 3. The van der Waals surface area contributed by atoms with Crippen molar-refractivity contribution in [2.75, 3.05) is 24.7 Å². The Morgan fingerprint density at radius 1 is 1.33 bits per heavy atom. The number of nitrogens with one attached hydrogen (secondary N) is 1. The lowest BCUT2D eigenvalue weighted by Crippen LogP contribution is -2.42. The van der Waals surface area contributed by atoms with E-state index in [1.54, 1.807) is 0 Å². The van der Waals surface area contributed by atoms with E-state index in [4.69, 9.17) is 8.22 Å². The summed E-state index contributed by atoms with van der Waals surface area (Å²) in [5.74, 6) is 0.130. The van der Waals surface area contributed by atoms with E-state index in [0.29, 0.717) is 32.4 Å². The van der Waals surface area contributed by atoms with Crippen LogP contribution in [0.25, 0.3) is 11.0 Å². The fourth-order valence-electron chi connectivity index (χ4n) is 4.31. The molecule has 0 spiro atoms. The van der Waals surface area contributed by atoms with Gasteiger partial charge in [-0.2, -0.15) is 4.98 Å². The molecule has 0 bridgehead atoms. The van der Waals surface area contributed by atoms with Crippen LogP contribution in [0.1, 0.15) is 58.8 Å². The van der Waals surface area contributed by atoms with E-state index >= 15 is 0 Å². The van der Waals surface area contributed by atoms with E-state index < -0.39 is 46.5 Å². The van der Waals surface area contributed by atoms with Gasteiger partial charge in [-0.05, 0) is 51.9 Å². The lowest BCUT2D eigenvalue weighted by Gasteiger charge is -2.31. The van der Waals surface area contributed by atoms with Gasteiger partial charge in [0.2, 0.25) is 16.0 Å². The van der Waals surface area contributed by atoms with Crippen LogP contribution in [0.4, 0.5) is 5.95 Å². The van der Waals surface area contributed by atoms with E-state index in [-0.39, 0.29) is 35.9 Å². The first kappa shape index (κ1) is 14.9. The fourth-order valence-corrected chi connectivity index (χ4v) is 5.18. The molecule has 3 heterocycles. The lowest BCUT2D eigenvalue weighted by atomic mass is 9.99. The monoisotopic (exact) mass is 441 g/mol. The van der Waals surface area contributed by atoms with Gasteiger partial charge in [-0.1, -0.05) is 0 Å². The second-order valence-corrected chi connectivity index (χ2v) is 10.1. The lowest BCUT2D eigenvalue weighted by molar-refractivity contribution is 0.0266. The maximum absolute atomic E-state index is 13.4. The summed E-state index contributed by atoms with van der Waals surface area (Å²) < 4.78 is 73.0. The van der Waals surface area contributed by atoms with Crippen LogP contribution >= 0.6 is 0 Å². The number of hydrogen-bond donors (Lipinski definition) is 2. The number of hydrogen-bond acceptors (Lipinski definition) is 7. The minimum absolute atomic E-state index is 0.0219. The van der Waals surface area contributed by atoms with Gasteiger partial charge in [0.05, 0.1) is 17.9 Å². The molecule has 1 aliphatic carbocycles. The van der Waals surface area contributed by atoms with E-state index in [1.165, 1.54) is 16.6 Å². The van der Waals surface area contributed by atoms with Crippen LogP contribution < -0.4 is 10.9 Å². The van der Waals surface area contributed by atoms with Crippen molar-refractivity contribution in [1.82, 2.24) is 18.8 Å². The number of sulfonamides is 1. The Balaban J connectivity index is 1.78. The molecule has 10 heteroatoms. The Morgan fingerprint density at radius 3 is 2.77 bits per heavy atom. The maximum Gasteiger partial charge on any atom is 0.255 e. The molecule has 2 fully saturated rings. The molecule has 1 saturated carbocycles. The molecule has 30 heavy (non-hydrogen) atoms. The number of pyridine rings is 1. The molecular formula is C20H29N5O4S. The van der Waals surface area contributed by atoms with Crippen LogP contribution in [0.2, 0.25) is 0 Å². The molecule has 2 aromatic heterocycles. The van der Waals surface area contributed by atoms with E-state index in [0.717, 1.165) is 10.8 Å². The molecule has 9 nitrogen and oxygen atoms in total. The van der Waals surface area contributed by atoms with Crippen molar-refractivity contribution < 1.29 is 21.7 Å². The first-order valence-electron chi connectivity index (χ1n) is 12.9. The summed E-state index contributed by atoms with van der Waals surface area (Å²) in [4.78, 5) is 22.1. The van der Waals surface area contributed by atoms with E-state index in [2.05, 4.69) is 15.3 Å². The number of fused-ring (bicyclic) bond motifs is 1. The van der Waals surface area contributed by atoms with Crippen LogP contribution in [-0.2, 0) is 10.0 Å². The molecule has 0 radical (unpaired) electrons. The zero-order valence-electron chi connectivity index (χ0n) is 22.6. The summed E-state index contributed by atoms with van der Waals surface area (Å²) in [5.41, 5.74) is -3.64. The van der Waals surface area contributed by atoms with Gasteiger partial charge in [-0.25, -0.2) is 17.7 Å². The number of anilines is 1. The summed E-state index contributed by atoms with van der Waals surface area (Å²) in [6.07, 6.45) is 3.93. The molecule has 2 atom stereocenters. The Labute approximate surface area is 184 Å². The minimum atomic E-state index is -3.29. The second kappa shape index (κ2) is 7.58. The first-order chi connectivity index (χ1) is 16.5. The third-order valence-corrected chi connectivity index (χ3v) is 7.23. The molecule has 1 aliphatic heterocycles. The normalized spacial score (nSPS) is 30.1. The van der Waals surface area contributed by atoms with E-state index in [1.807, 2.05) is 0 Å². The van der Waals surface area contributed by atoms with Crippen molar-refractivity contribution in [2.24, 2.45) is 0 Å². The molecule has 0 unspecified atom stereocenters. The molecule has 2 aliphatic rings. The SMILES string of the molecule is [2H]C([2H])([2H])c1cc2cnc(NC3CCN(S(C)(=O)=O)CC3)nc2n([C@@H]2CCC[C@]2(O)C([2H])([2H])[2H])c1=O. The molecule has 0 aromatic carbocycles. The van der Waals surface area contributed by atoms with Gasteiger partial charge < -0.3 is 10.4 Å². The van der Waals surface area contributed by atoms with Crippen LogP contribution in [0.15, 0.2) is 17.1 Å². The highest BCUT2D eigenvalue weighted by atomic mass is 32.2. The van der Waals surface area contributed by atoms with E-state index in [9.17, 15) is 18.3 Å². The van der Waals surface area contributed by atoms with Crippen molar-refractivity contribution >= 4 is 27.0 Å². The average molecular weight is 442 g/mol. The number of nitrogens with zero attached hydrogens (tertiary/aromatic N) is 4. The van der Waals surface area contributed by atoms with Crippen LogP contribution in [0.3, 0.4) is 0 Å².